The molecule has 162 valence electrons. The quantitative estimate of drug-likeness (QED) is 0.271. The first-order chi connectivity index (χ1) is 16.7. The molecule has 0 saturated carbocycles. The maximum absolute atomic E-state index is 3.80. The summed E-state index contributed by atoms with van der Waals surface area (Å²) in [7, 11) is 0. The summed E-state index contributed by atoms with van der Waals surface area (Å²) in [6.45, 7) is 4.29. The van der Waals surface area contributed by atoms with Gasteiger partial charge in [-0.2, -0.15) is 0 Å². The van der Waals surface area contributed by atoms with Gasteiger partial charge in [-0.25, -0.2) is 0 Å². The lowest BCUT2D eigenvalue weighted by Crippen LogP contribution is -1.89. The van der Waals surface area contributed by atoms with Crippen LogP contribution in [0.25, 0.3) is 65.9 Å². The van der Waals surface area contributed by atoms with E-state index in [1.165, 1.54) is 66.0 Å². The fourth-order valence-corrected chi connectivity index (χ4v) is 5.45. The number of hydrogen-bond donors (Lipinski definition) is 2. The summed E-state index contributed by atoms with van der Waals surface area (Å²) in [4.78, 5) is 7.60. The second-order valence-electron chi connectivity index (χ2n) is 9.32. The summed E-state index contributed by atoms with van der Waals surface area (Å²) < 4.78 is 0. The van der Waals surface area contributed by atoms with Crippen molar-refractivity contribution in [2.24, 2.45) is 0 Å². The molecule has 2 aromatic heterocycles. The number of H-pyrrole nitrogens is 2. The van der Waals surface area contributed by atoms with Crippen LogP contribution in [0.4, 0.5) is 0 Å². The molecule has 0 aliphatic heterocycles. The van der Waals surface area contributed by atoms with E-state index in [4.69, 9.17) is 0 Å². The van der Waals surface area contributed by atoms with E-state index in [1.807, 2.05) is 0 Å². The molecule has 34 heavy (non-hydrogen) atoms. The summed E-state index contributed by atoms with van der Waals surface area (Å²) in [5.41, 5.74) is 12.2. The van der Waals surface area contributed by atoms with Crippen molar-refractivity contribution in [2.45, 2.75) is 13.8 Å². The smallest absolute Gasteiger partial charge is 0.0572 e. The molecule has 0 fully saturated rings. The van der Waals surface area contributed by atoms with Crippen LogP contribution >= 0.6 is 0 Å². The molecule has 0 atom stereocenters. The van der Waals surface area contributed by atoms with E-state index in [-0.39, 0.29) is 0 Å². The van der Waals surface area contributed by atoms with Crippen LogP contribution in [0.1, 0.15) is 11.1 Å². The molecule has 0 radical (unpaired) electrons. The van der Waals surface area contributed by atoms with Crippen LogP contribution < -0.4 is 0 Å². The SMILES string of the molecule is Cc1ccc(-c2c3[nH]c4ccccc4c3c(-c3ccc(C)cc3)c3c2[nH]c2ccccc23)cc1. The molecule has 0 aliphatic carbocycles. The van der Waals surface area contributed by atoms with Crippen molar-refractivity contribution < 1.29 is 0 Å². The molecule has 2 heterocycles. The van der Waals surface area contributed by atoms with Crippen LogP contribution in [0, 0.1) is 13.8 Å². The van der Waals surface area contributed by atoms with Gasteiger partial charge in [-0.05, 0) is 37.1 Å². The van der Waals surface area contributed by atoms with E-state index in [0.29, 0.717) is 0 Å². The fraction of sp³-hybridized carbons (Fsp3) is 0.0625. The lowest BCUT2D eigenvalue weighted by molar-refractivity contribution is 1.46. The monoisotopic (exact) mass is 436 g/mol. The van der Waals surface area contributed by atoms with Gasteiger partial charge in [0, 0.05) is 43.7 Å². The standard InChI is InChI=1S/C32H24N2/c1-19-11-15-21(16-12-19)27-29-23-7-3-5-9-25(23)33-31(29)28(22-17-13-20(2)14-18-22)32-30(27)24-8-4-6-10-26(24)34-32/h3-18,33-34H,1-2H3. The average molecular weight is 437 g/mol. The van der Waals surface area contributed by atoms with Gasteiger partial charge < -0.3 is 9.97 Å². The number of benzene rings is 5. The third-order valence-corrected chi connectivity index (χ3v) is 7.09. The van der Waals surface area contributed by atoms with Crippen molar-refractivity contribution in [2.75, 3.05) is 0 Å². The Balaban J connectivity index is 1.79. The second kappa shape index (κ2) is 7.10. The predicted octanol–water partition coefficient (Wildman–Crippen LogP) is 8.91. The molecule has 7 aromatic rings. The molecule has 0 spiro atoms. The van der Waals surface area contributed by atoms with E-state index in [2.05, 4.69) is 121 Å². The zero-order valence-electron chi connectivity index (χ0n) is 19.2. The Bertz CT molecular complexity index is 1750. The van der Waals surface area contributed by atoms with Gasteiger partial charge in [0.15, 0.2) is 0 Å². The van der Waals surface area contributed by atoms with Crippen LogP contribution in [0.5, 0.6) is 0 Å². The van der Waals surface area contributed by atoms with Gasteiger partial charge in [0.25, 0.3) is 0 Å². The minimum atomic E-state index is 1.16. The largest absolute Gasteiger partial charge is 0.354 e. The summed E-state index contributed by atoms with van der Waals surface area (Å²) in [6.07, 6.45) is 0. The molecule has 5 aromatic carbocycles. The number of fused-ring (bicyclic) bond motifs is 6. The Hall–Kier alpha value is -4.30. The van der Waals surface area contributed by atoms with Crippen molar-refractivity contribution >= 4 is 43.6 Å². The molecule has 0 amide bonds. The third kappa shape index (κ3) is 2.69. The van der Waals surface area contributed by atoms with E-state index in [9.17, 15) is 0 Å². The highest BCUT2D eigenvalue weighted by Crippen LogP contribution is 2.48. The van der Waals surface area contributed by atoms with Crippen molar-refractivity contribution in [3.63, 3.8) is 0 Å². The fourth-order valence-electron chi connectivity index (χ4n) is 5.45. The highest BCUT2D eigenvalue weighted by molar-refractivity contribution is 6.32. The Morgan fingerprint density at radius 2 is 0.853 bits per heavy atom. The van der Waals surface area contributed by atoms with Crippen molar-refractivity contribution in [3.8, 4) is 22.3 Å². The molecule has 2 nitrogen and oxygen atoms in total. The average Bonchev–Trinajstić information content (AvgIpc) is 3.43. The molecular weight excluding hydrogens is 412 g/mol. The van der Waals surface area contributed by atoms with Gasteiger partial charge >= 0.3 is 0 Å². The van der Waals surface area contributed by atoms with Gasteiger partial charge in [-0.15, -0.1) is 0 Å². The minimum Gasteiger partial charge on any atom is -0.354 e. The topological polar surface area (TPSA) is 31.6 Å². The first kappa shape index (κ1) is 19.2. The van der Waals surface area contributed by atoms with Gasteiger partial charge in [0.05, 0.1) is 11.0 Å². The van der Waals surface area contributed by atoms with Crippen LogP contribution in [0.3, 0.4) is 0 Å². The number of para-hydroxylation sites is 2. The second-order valence-corrected chi connectivity index (χ2v) is 9.32. The summed E-state index contributed by atoms with van der Waals surface area (Å²) in [5, 5.41) is 5.08. The van der Waals surface area contributed by atoms with Crippen LogP contribution in [-0.4, -0.2) is 9.97 Å². The summed E-state index contributed by atoms with van der Waals surface area (Å²) in [6, 6.07) is 35.2. The number of rotatable bonds is 2. The normalized spacial score (nSPS) is 11.8. The molecule has 2 N–H and O–H groups in total. The van der Waals surface area contributed by atoms with E-state index >= 15 is 0 Å². The van der Waals surface area contributed by atoms with E-state index < -0.39 is 0 Å². The molecule has 0 unspecified atom stereocenters. The maximum atomic E-state index is 3.80. The van der Waals surface area contributed by atoms with E-state index in [0.717, 1.165) is 11.0 Å². The Kier molecular flexibility index (Phi) is 4.01. The highest BCUT2D eigenvalue weighted by atomic mass is 14.7. The number of hydrogen-bond acceptors (Lipinski definition) is 0. The van der Waals surface area contributed by atoms with Crippen LogP contribution in [-0.2, 0) is 0 Å². The van der Waals surface area contributed by atoms with Crippen LogP contribution in [0.2, 0.25) is 0 Å². The Morgan fingerprint density at radius 3 is 1.32 bits per heavy atom. The number of aryl methyl sites for hydroxylation is 2. The summed E-state index contributed by atoms with van der Waals surface area (Å²) in [5.74, 6) is 0. The van der Waals surface area contributed by atoms with Crippen molar-refractivity contribution in [1.29, 1.82) is 0 Å². The zero-order chi connectivity index (χ0) is 22.8. The lowest BCUT2D eigenvalue weighted by atomic mass is 9.89. The summed E-state index contributed by atoms with van der Waals surface area (Å²) >= 11 is 0. The third-order valence-electron chi connectivity index (χ3n) is 7.09. The van der Waals surface area contributed by atoms with Gasteiger partial charge in [0.1, 0.15) is 0 Å². The molecule has 7 rings (SSSR count). The Morgan fingerprint density at radius 1 is 0.441 bits per heavy atom. The number of aromatic nitrogens is 2. The van der Waals surface area contributed by atoms with E-state index in [1.54, 1.807) is 0 Å². The maximum Gasteiger partial charge on any atom is 0.0572 e. The molecule has 2 heteroatoms. The number of aromatic amines is 2. The number of nitrogens with one attached hydrogen (secondary N) is 2. The highest BCUT2D eigenvalue weighted by Gasteiger charge is 2.23. The first-order valence-electron chi connectivity index (χ1n) is 11.8. The molecule has 0 saturated heterocycles. The zero-order valence-corrected chi connectivity index (χ0v) is 19.2. The van der Waals surface area contributed by atoms with Gasteiger partial charge in [0.2, 0.25) is 0 Å². The molecule has 0 bridgehead atoms. The molecular formula is C32H24N2. The van der Waals surface area contributed by atoms with Crippen molar-refractivity contribution in [1.82, 2.24) is 9.97 Å². The van der Waals surface area contributed by atoms with Gasteiger partial charge in [-0.3, -0.25) is 0 Å². The van der Waals surface area contributed by atoms with Crippen molar-refractivity contribution in [3.05, 3.63) is 108 Å². The minimum absolute atomic E-state index is 1.16. The lowest BCUT2D eigenvalue weighted by Gasteiger charge is -2.14. The van der Waals surface area contributed by atoms with Crippen LogP contribution in [0.15, 0.2) is 97.1 Å². The Labute approximate surface area is 197 Å². The molecule has 0 aliphatic rings. The first-order valence-corrected chi connectivity index (χ1v) is 11.8. The van der Waals surface area contributed by atoms with Gasteiger partial charge in [-0.1, -0.05) is 96.1 Å². The predicted molar refractivity (Wildman–Crippen MR) is 146 cm³/mol.